The number of carbonyl (C=O) groups is 1. The molecule has 0 amide bonds. The highest BCUT2D eigenvalue weighted by Crippen LogP contribution is 2.83. The Morgan fingerprint density at radius 1 is 1.03 bits per heavy atom. The molecule has 0 aliphatic heterocycles. The van der Waals surface area contributed by atoms with Crippen molar-refractivity contribution in [1.29, 1.82) is 0 Å². The zero-order valence-electron chi connectivity index (χ0n) is 22.6. The van der Waals surface area contributed by atoms with E-state index < -0.39 is 0 Å². The van der Waals surface area contributed by atoms with Gasteiger partial charge in [0.2, 0.25) is 0 Å². The van der Waals surface area contributed by atoms with Gasteiger partial charge in [-0.25, -0.2) is 0 Å². The molecule has 0 aromatic heterocycles. The lowest BCUT2D eigenvalue weighted by Gasteiger charge is -2.58. The van der Waals surface area contributed by atoms with Gasteiger partial charge >= 0.3 is 5.97 Å². The van der Waals surface area contributed by atoms with Crippen molar-refractivity contribution in [1.82, 2.24) is 0 Å². The molecule has 0 aromatic carbocycles. The van der Waals surface area contributed by atoms with E-state index in [1.54, 1.807) is 6.92 Å². The summed E-state index contributed by atoms with van der Waals surface area (Å²) in [5.74, 6) is 4.07. The van der Waals surface area contributed by atoms with Crippen molar-refractivity contribution in [2.24, 2.45) is 51.2 Å². The maximum atomic E-state index is 11.6. The molecule has 0 heterocycles. The summed E-state index contributed by atoms with van der Waals surface area (Å²) in [6, 6.07) is 0. The molecular weight excluding hydrogens is 404 g/mol. The van der Waals surface area contributed by atoms with Gasteiger partial charge in [0.15, 0.2) is 0 Å². The number of hydrogen-bond acceptors (Lipinski definition) is 2. The van der Waals surface area contributed by atoms with Crippen LogP contribution in [0.5, 0.6) is 0 Å². The fourth-order valence-electron chi connectivity index (χ4n) is 10.1. The Morgan fingerprint density at radius 2 is 1.79 bits per heavy atom. The van der Waals surface area contributed by atoms with Gasteiger partial charge in [-0.1, -0.05) is 66.0 Å². The van der Waals surface area contributed by atoms with E-state index in [1.165, 1.54) is 57.8 Å². The second-order valence-corrected chi connectivity index (χ2v) is 14.2. The normalized spacial score (nSPS) is 47.5. The summed E-state index contributed by atoms with van der Waals surface area (Å²) in [6.45, 7) is 16.8. The largest absolute Gasteiger partial charge is 0.463 e. The molecule has 5 rings (SSSR count). The van der Waals surface area contributed by atoms with Crippen LogP contribution in [0.3, 0.4) is 0 Å². The molecule has 0 saturated heterocycles. The number of fused-ring (bicyclic) bond motifs is 3. The van der Waals surface area contributed by atoms with Gasteiger partial charge in [-0.05, 0) is 109 Å². The number of rotatable bonds is 6. The summed E-state index contributed by atoms with van der Waals surface area (Å²) < 4.78 is 5.71. The molecule has 186 valence electrons. The van der Waals surface area contributed by atoms with Crippen molar-refractivity contribution in [3.63, 3.8) is 0 Å². The molecule has 9 unspecified atom stereocenters. The molecule has 2 nitrogen and oxygen atoms in total. The first-order valence-corrected chi connectivity index (χ1v) is 14.4. The lowest BCUT2D eigenvalue weighted by Crippen LogP contribution is -2.50. The van der Waals surface area contributed by atoms with Gasteiger partial charge in [-0.3, -0.25) is 4.79 Å². The second-order valence-electron chi connectivity index (χ2n) is 14.2. The third-order valence-electron chi connectivity index (χ3n) is 12.7. The molecule has 2 heteroatoms. The molecule has 5 aliphatic rings. The van der Waals surface area contributed by atoms with Crippen molar-refractivity contribution >= 4 is 5.97 Å². The van der Waals surface area contributed by atoms with E-state index in [0.29, 0.717) is 21.7 Å². The van der Waals surface area contributed by atoms with Crippen LogP contribution in [0.2, 0.25) is 0 Å². The van der Waals surface area contributed by atoms with Gasteiger partial charge in [-0.15, -0.1) is 0 Å². The predicted molar refractivity (Wildman–Crippen MR) is 136 cm³/mol. The van der Waals surface area contributed by atoms with Gasteiger partial charge in [0.1, 0.15) is 6.10 Å². The first-order chi connectivity index (χ1) is 15.5. The Hall–Kier alpha value is -0.790. The van der Waals surface area contributed by atoms with Crippen LogP contribution >= 0.6 is 0 Å². The van der Waals surface area contributed by atoms with Crippen LogP contribution < -0.4 is 0 Å². The Labute approximate surface area is 203 Å². The summed E-state index contributed by atoms with van der Waals surface area (Å²) in [4.78, 5) is 11.6. The van der Waals surface area contributed by atoms with Crippen LogP contribution in [0.4, 0.5) is 0 Å². The van der Waals surface area contributed by atoms with Crippen LogP contribution in [0, 0.1) is 51.2 Å². The standard InChI is InChI=1S/C31H50O2/c1-20(2)21(3)8-9-22(4)25-11-14-29(7)26-13-16-30-18-24(33-23(5)32)10-17-31(30,19-30)27(26)12-15-28(25,29)6/h12,20-22,24-26H,8-11,13-19H2,1-7H3. The average molecular weight is 455 g/mol. The maximum absolute atomic E-state index is 11.6. The fourth-order valence-corrected chi connectivity index (χ4v) is 10.1. The van der Waals surface area contributed by atoms with Crippen molar-refractivity contribution in [3.8, 4) is 0 Å². The smallest absolute Gasteiger partial charge is 0.302 e. The van der Waals surface area contributed by atoms with Gasteiger partial charge in [0.25, 0.3) is 0 Å². The second kappa shape index (κ2) is 7.86. The van der Waals surface area contributed by atoms with Crippen LogP contribution in [0.15, 0.2) is 11.6 Å². The van der Waals surface area contributed by atoms with E-state index in [2.05, 4.69) is 47.6 Å². The molecule has 5 aliphatic carbocycles. The lowest BCUT2D eigenvalue weighted by molar-refractivity contribution is -0.149. The quantitative estimate of drug-likeness (QED) is 0.298. The maximum Gasteiger partial charge on any atom is 0.302 e. The molecule has 0 bridgehead atoms. The summed E-state index contributed by atoms with van der Waals surface area (Å²) in [7, 11) is 0. The molecule has 9 atom stereocenters. The minimum Gasteiger partial charge on any atom is -0.463 e. The van der Waals surface area contributed by atoms with Gasteiger partial charge in [0.05, 0.1) is 0 Å². The molecule has 0 N–H and O–H groups in total. The molecule has 4 fully saturated rings. The zero-order chi connectivity index (χ0) is 23.8. The SMILES string of the molecule is CC(=O)OC1CCC23CC2(CCC2C3=CCC3(C)C(C(C)CCC(C)C(C)C)CCC23C)C1. The van der Waals surface area contributed by atoms with Gasteiger partial charge in [0, 0.05) is 6.92 Å². The van der Waals surface area contributed by atoms with E-state index in [1.807, 2.05) is 5.57 Å². The van der Waals surface area contributed by atoms with Gasteiger partial charge in [-0.2, -0.15) is 0 Å². The Morgan fingerprint density at radius 3 is 2.48 bits per heavy atom. The Balaban J connectivity index is 1.35. The van der Waals surface area contributed by atoms with Crippen LogP contribution in [0.1, 0.15) is 119 Å². The van der Waals surface area contributed by atoms with Gasteiger partial charge < -0.3 is 4.74 Å². The number of hydrogen-bond donors (Lipinski definition) is 0. The highest BCUT2D eigenvalue weighted by atomic mass is 16.5. The molecule has 0 radical (unpaired) electrons. The highest BCUT2D eigenvalue weighted by molar-refractivity contribution is 5.66. The van der Waals surface area contributed by atoms with E-state index in [-0.39, 0.29) is 12.1 Å². The minimum atomic E-state index is -0.0905. The Bertz CT molecular complexity index is 827. The predicted octanol–water partition coefficient (Wildman–Crippen LogP) is 8.35. The lowest BCUT2D eigenvalue weighted by atomic mass is 9.47. The zero-order valence-corrected chi connectivity index (χ0v) is 22.6. The topological polar surface area (TPSA) is 26.3 Å². The molecular formula is C31H50O2. The summed E-state index contributed by atoms with van der Waals surface area (Å²) >= 11 is 0. The fraction of sp³-hybridized carbons (Fsp3) is 0.903. The number of carbonyl (C=O) groups excluding carboxylic acids is 1. The third kappa shape index (κ3) is 3.35. The summed E-state index contributed by atoms with van der Waals surface area (Å²) in [5, 5.41) is 0. The summed E-state index contributed by atoms with van der Waals surface area (Å²) in [6.07, 6.45) is 17.5. The molecule has 4 saturated carbocycles. The Kier molecular flexibility index (Phi) is 5.70. The minimum absolute atomic E-state index is 0.0905. The monoisotopic (exact) mass is 454 g/mol. The van der Waals surface area contributed by atoms with E-state index in [4.69, 9.17) is 4.74 Å². The molecule has 0 aromatic rings. The molecule has 0 spiro atoms. The number of allylic oxidation sites excluding steroid dienone is 2. The third-order valence-corrected chi connectivity index (χ3v) is 12.7. The van der Waals surface area contributed by atoms with Crippen LogP contribution in [-0.2, 0) is 9.53 Å². The van der Waals surface area contributed by atoms with Crippen LogP contribution in [-0.4, -0.2) is 12.1 Å². The van der Waals surface area contributed by atoms with Crippen LogP contribution in [0.25, 0.3) is 0 Å². The van der Waals surface area contributed by atoms with Crippen molar-refractivity contribution in [2.75, 3.05) is 0 Å². The summed E-state index contributed by atoms with van der Waals surface area (Å²) in [5.41, 5.74) is 3.72. The van der Waals surface area contributed by atoms with E-state index in [0.717, 1.165) is 42.4 Å². The first-order valence-electron chi connectivity index (χ1n) is 14.4. The van der Waals surface area contributed by atoms with Crippen molar-refractivity contribution < 1.29 is 9.53 Å². The van der Waals surface area contributed by atoms with E-state index in [9.17, 15) is 4.79 Å². The first kappa shape index (κ1) is 23.9. The van der Waals surface area contributed by atoms with E-state index >= 15 is 0 Å². The van der Waals surface area contributed by atoms with Crippen molar-refractivity contribution in [3.05, 3.63) is 11.6 Å². The number of esters is 1. The van der Waals surface area contributed by atoms with Crippen molar-refractivity contribution in [2.45, 2.75) is 125 Å². The molecule has 33 heavy (non-hydrogen) atoms. The highest BCUT2D eigenvalue weighted by Gasteiger charge is 2.75. The number of ether oxygens (including phenoxy) is 1. The average Bonchev–Trinajstić information content (AvgIpc) is 3.35.